The lowest BCUT2D eigenvalue weighted by molar-refractivity contribution is 0.0534. The highest BCUT2D eigenvalue weighted by atomic mass is 32.1. The Hall–Kier alpha value is -2.04. The molecular formula is C14H18N4O2S. The highest BCUT2D eigenvalue weighted by molar-refractivity contribution is 7.19. The van der Waals surface area contributed by atoms with Crippen molar-refractivity contribution in [2.45, 2.75) is 13.0 Å². The van der Waals surface area contributed by atoms with Gasteiger partial charge in [-0.3, -0.25) is 4.79 Å². The standard InChI is InChI=1S/C14H18N4O2S/c1-3-4-17-13(19)12-11(16)10(7-15)14(21-12)18-5-6-20-9(2)8-18/h3,9H,1,4-6,8,16H2,2H3,(H,17,19). The number of hydrogen-bond acceptors (Lipinski definition) is 6. The van der Waals surface area contributed by atoms with Crippen molar-refractivity contribution in [2.24, 2.45) is 0 Å². The summed E-state index contributed by atoms with van der Waals surface area (Å²) in [5.74, 6) is -0.276. The van der Waals surface area contributed by atoms with Gasteiger partial charge in [-0.25, -0.2) is 0 Å². The number of thiophene rings is 1. The number of carbonyl (C=O) groups is 1. The molecule has 7 heteroatoms. The molecule has 0 bridgehead atoms. The van der Waals surface area contributed by atoms with E-state index < -0.39 is 0 Å². The van der Waals surface area contributed by atoms with E-state index in [1.807, 2.05) is 6.92 Å². The van der Waals surface area contributed by atoms with E-state index in [1.165, 1.54) is 11.3 Å². The van der Waals surface area contributed by atoms with Crippen LogP contribution in [0.1, 0.15) is 22.2 Å². The molecule has 0 saturated carbocycles. The van der Waals surface area contributed by atoms with Gasteiger partial charge >= 0.3 is 0 Å². The molecule has 112 valence electrons. The molecule has 2 heterocycles. The fraction of sp³-hybridized carbons (Fsp3) is 0.429. The first-order chi connectivity index (χ1) is 10.1. The molecule has 2 rings (SSSR count). The topological polar surface area (TPSA) is 91.4 Å². The molecule has 3 N–H and O–H groups in total. The average molecular weight is 306 g/mol. The quantitative estimate of drug-likeness (QED) is 0.819. The number of carbonyl (C=O) groups excluding carboxylic acids is 1. The number of rotatable bonds is 4. The van der Waals surface area contributed by atoms with Crippen molar-refractivity contribution in [2.75, 3.05) is 36.9 Å². The molecule has 0 spiro atoms. The highest BCUT2D eigenvalue weighted by Gasteiger charge is 2.26. The summed E-state index contributed by atoms with van der Waals surface area (Å²) in [7, 11) is 0. The Morgan fingerprint density at radius 2 is 2.52 bits per heavy atom. The third kappa shape index (κ3) is 3.17. The fourth-order valence-electron chi connectivity index (χ4n) is 2.18. The number of nitrogens with one attached hydrogen (secondary N) is 1. The monoisotopic (exact) mass is 306 g/mol. The van der Waals surface area contributed by atoms with E-state index in [-0.39, 0.29) is 17.7 Å². The number of anilines is 2. The van der Waals surface area contributed by atoms with Crippen LogP contribution in [-0.2, 0) is 4.74 Å². The van der Waals surface area contributed by atoms with Gasteiger partial charge in [0, 0.05) is 19.6 Å². The Kier molecular flexibility index (Phi) is 4.83. The number of nitrogens with two attached hydrogens (primary N) is 1. The number of ether oxygens (including phenoxy) is 1. The summed E-state index contributed by atoms with van der Waals surface area (Å²) < 4.78 is 5.50. The van der Waals surface area contributed by atoms with Crippen LogP contribution >= 0.6 is 11.3 Å². The van der Waals surface area contributed by atoms with Crippen molar-refractivity contribution >= 4 is 27.9 Å². The van der Waals surface area contributed by atoms with Gasteiger partial charge in [0.2, 0.25) is 0 Å². The Bertz CT molecular complexity index is 591. The molecule has 0 aromatic carbocycles. The number of hydrogen-bond donors (Lipinski definition) is 2. The van der Waals surface area contributed by atoms with E-state index in [2.05, 4.69) is 22.9 Å². The van der Waals surface area contributed by atoms with E-state index in [9.17, 15) is 10.1 Å². The number of nitrogen functional groups attached to an aromatic ring is 1. The van der Waals surface area contributed by atoms with Gasteiger partial charge in [-0.2, -0.15) is 5.26 Å². The minimum absolute atomic E-state index is 0.0895. The van der Waals surface area contributed by atoms with Crippen molar-refractivity contribution in [3.63, 3.8) is 0 Å². The predicted molar refractivity (Wildman–Crippen MR) is 83.6 cm³/mol. The van der Waals surface area contributed by atoms with E-state index in [0.717, 1.165) is 5.00 Å². The zero-order chi connectivity index (χ0) is 15.4. The van der Waals surface area contributed by atoms with Crippen molar-refractivity contribution in [1.29, 1.82) is 5.26 Å². The van der Waals surface area contributed by atoms with Gasteiger partial charge in [0.15, 0.2) is 0 Å². The Morgan fingerprint density at radius 1 is 1.76 bits per heavy atom. The van der Waals surface area contributed by atoms with Crippen molar-refractivity contribution in [3.8, 4) is 6.07 Å². The molecule has 1 aliphatic heterocycles. The maximum atomic E-state index is 12.1. The minimum atomic E-state index is -0.276. The van der Waals surface area contributed by atoms with Gasteiger partial charge < -0.3 is 20.7 Å². The maximum Gasteiger partial charge on any atom is 0.263 e. The lowest BCUT2D eigenvalue weighted by Gasteiger charge is -2.32. The van der Waals surface area contributed by atoms with Crippen LogP contribution in [0.15, 0.2) is 12.7 Å². The zero-order valence-electron chi connectivity index (χ0n) is 11.9. The molecular weight excluding hydrogens is 288 g/mol. The summed E-state index contributed by atoms with van der Waals surface area (Å²) in [4.78, 5) is 14.5. The molecule has 0 aliphatic carbocycles. The van der Waals surface area contributed by atoms with Gasteiger partial charge in [0.25, 0.3) is 5.91 Å². The molecule has 1 saturated heterocycles. The fourth-order valence-corrected chi connectivity index (χ4v) is 3.30. The average Bonchev–Trinajstić information content (AvgIpc) is 2.81. The second-order valence-electron chi connectivity index (χ2n) is 4.76. The van der Waals surface area contributed by atoms with Gasteiger partial charge in [-0.05, 0) is 6.92 Å². The normalized spacial score (nSPS) is 18.1. The lowest BCUT2D eigenvalue weighted by Crippen LogP contribution is -2.41. The summed E-state index contributed by atoms with van der Waals surface area (Å²) in [6.45, 7) is 7.86. The van der Waals surface area contributed by atoms with Gasteiger partial charge in [0.05, 0.1) is 18.4 Å². The van der Waals surface area contributed by atoms with Crippen LogP contribution in [0.25, 0.3) is 0 Å². The third-order valence-corrected chi connectivity index (χ3v) is 4.44. The van der Waals surface area contributed by atoms with E-state index in [1.54, 1.807) is 6.08 Å². The van der Waals surface area contributed by atoms with Crippen LogP contribution in [-0.4, -0.2) is 38.3 Å². The van der Waals surface area contributed by atoms with Crippen LogP contribution in [0, 0.1) is 11.3 Å². The maximum absolute atomic E-state index is 12.1. The second kappa shape index (κ2) is 6.61. The lowest BCUT2D eigenvalue weighted by atomic mass is 10.2. The molecule has 1 aliphatic rings. The smallest absolute Gasteiger partial charge is 0.263 e. The molecule has 1 atom stereocenters. The van der Waals surface area contributed by atoms with Gasteiger partial charge in [0.1, 0.15) is 21.5 Å². The Morgan fingerprint density at radius 3 is 3.14 bits per heavy atom. The predicted octanol–water partition coefficient (Wildman–Crippen LogP) is 1.34. The summed E-state index contributed by atoms with van der Waals surface area (Å²) in [6, 6.07) is 2.11. The second-order valence-corrected chi connectivity index (χ2v) is 5.76. The number of nitrogens with zero attached hydrogens (tertiary/aromatic N) is 2. The summed E-state index contributed by atoms with van der Waals surface area (Å²) in [5.41, 5.74) is 6.59. The van der Waals surface area contributed by atoms with Crippen LogP contribution < -0.4 is 16.0 Å². The summed E-state index contributed by atoms with van der Waals surface area (Å²) in [5, 5.41) is 12.8. The molecule has 1 unspecified atom stereocenters. The molecule has 1 amide bonds. The number of nitriles is 1. The largest absolute Gasteiger partial charge is 0.396 e. The number of amides is 1. The van der Waals surface area contributed by atoms with Crippen LogP contribution in [0.4, 0.5) is 10.7 Å². The van der Waals surface area contributed by atoms with Crippen LogP contribution in [0.2, 0.25) is 0 Å². The molecule has 1 fully saturated rings. The SMILES string of the molecule is C=CCNC(=O)c1sc(N2CCOC(C)C2)c(C#N)c1N. The molecule has 21 heavy (non-hydrogen) atoms. The highest BCUT2D eigenvalue weighted by Crippen LogP contribution is 2.38. The molecule has 1 aromatic heterocycles. The first kappa shape index (κ1) is 15.4. The third-order valence-electron chi connectivity index (χ3n) is 3.18. The summed E-state index contributed by atoms with van der Waals surface area (Å²) in [6.07, 6.45) is 1.68. The minimum Gasteiger partial charge on any atom is -0.396 e. The Balaban J connectivity index is 2.32. The Labute approximate surface area is 127 Å². The van der Waals surface area contributed by atoms with E-state index in [4.69, 9.17) is 10.5 Å². The first-order valence-corrected chi connectivity index (χ1v) is 7.48. The molecule has 1 aromatic rings. The van der Waals surface area contributed by atoms with E-state index >= 15 is 0 Å². The number of morpholine rings is 1. The van der Waals surface area contributed by atoms with E-state index in [0.29, 0.717) is 36.7 Å². The van der Waals surface area contributed by atoms with Crippen molar-refractivity contribution in [1.82, 2.24) is 5.32 Å². The van der Waals surface area contributed by atoms with Crippen molar-refractivity contribution < 1.29 is 9.53 Å². The van der Waals surface area contributed by atoms with Gasteiger partial charge in [-0.1, -0.05) is 6.08 Å². The first-order valence-electron chi connectivity index (χ1n) is 6.66. The van der Waals surface area contributed by atoms with Crippen LogP contribution in [0.3, 0.4) is 0 Å². The van der Waals surface area contributed by atoms with Crippen molar-refractivity contribution in [3.05, 3.63) is 23.1 Å². The molecule has 0 radical (unpaired) electrons. The van der Waals surface area contributed by atoms with Gasteiger partial charge in [-0.15, -0.1) is 17.9 Å². The summed E-state index contributed by atoms with van der Waals surface area (Å²) >= 11 is 1.25. The van der Waals surface area contributed by atoms with Crippen LogP contribution in [0.5, 0.6) is 0 Å². The molecule has 6 nitrogen and oxygen atoms in total. The zero-order valence-corrected chi connectivity index (χ0v) is 12.7.